The summed E-state index contributed by atoms with van der Waals surface area (Å²) < 4.78 is 0. The van der Waals surface area contributed by atoms with E-state index in [1.807, 2.05) is 0 Å². The number of nitrogens with zero attached hydrogens (tertiary/aromatic N) is 1. The summed E-state index contributed by atoms with van der Waals surface area (Å²) in [5, 5.41) is 8.72. The molecule has 6 nitrogen and oxygen atoms in total. The van der Waals surface area contributed by atoms with E-state index in [1.165, 1.54) is 0 Å². The zero-order chi connectivity index (χ0) is 16.2. The topological polar surface area (TPSA) is 73.5 Å². The van der Waals surface area contributed by atoms with Gasteiger partial charge >= 0.3 is 12.1 Å². The van der Waals surface area contributed by atoms with Crippen LogP contribution in [0.3, 0.4) is 0 Å². The second-order valence-corrected chi connectivity index (χ2v) is 5.46. The molecule has 0 saturated carbocycles. The molecule has 7 heteroatoms. The van der Waals surface area contributed by atoms with Gasteiger partial charge in [0.1, 0.15) is 0 Å². The molecule has 2 aromatic carbocycles. The first kappa shape index (κ1) is 15.2. The lowest BCUT2D eigenvalue weighted by Gasteiger charge is -2.15. The third-order valence-corrected chi connectivity index (χ3v) is 3.61. The summed E-state index contributed by atoms with van der Waals surface area (Å²) >= 11 is 5.87. The number of amides is 4. The molecular weight excluding hydrogens is 316 g/mol. The van der Waals surface area contributed by atoms with Crippen molar-refractivity contribution in [1.29, 1.82) is 0 Å². The number of nitrogens with one attached hydrogen (secondary N) is 3. The van der Waals surface area contributed by atoms with E-state index in [0.717, 1.165) is 5.69 Å². The molecule has 1 aliphatic rings. The van der Waals surface area contributed by atoms with Crippen LogP contribution < -0.4 is 20.9 Å². The van der Waals surface area contributed by atoms with E-state index >= 15 is 0 Å². The Balaban J connectivity index is 1.61. The first-order valence-corrected chi connectivity index (χ1v) is 7.48. The van der Waals surface area contributed by atoms with E-state index in [1.54, 1.807) is 53.4 Å². The number of benzene rings is 2. The molecule has 0 aliphatic carbocycles. The summed E-state index contributed by atoms with van der Waals surface area (Å²) in [5.41, 5.74) is 2.04. The SMILES string of the molecule is O=C(Nc1ccc(N2CCNC2=O)cc1)Nc1cccc(Cl)c1. The van der Waals surface area contributed by atoms with Gasteiger partial charge in [0.2, 0.25) is 0 Å². The smallest absolute Gasteiger partial charge is 0.323 e. The monoisotopic (exact) mass is 330 g/mol. The molecule has 0 atom stereocenters. The van der Waals surface area contributed by atoms with E-state index in [4.69, 9.17) is 11.6 Å². The molecule has 1 saturated heterocycles. The first-order chi connectivity index (χ1) is 11.1. The van der Waals surface area contributed by atoms with Crippen LogP contribution >= 0.6 is 11.6 Å². The van der Waals surface area contributed by atoms with Crippen molar-refractivity contribution in [3.8, 4) is 0 Å². The lowest BCUT2D eigenvalue weighted by atomic mass is 10.2. The average Bonchev–Trinajstić information content (AvgIpc) is 2.94. The summed E-state index contributed by atoms with van der Waals surface area (Å²) in [6.45, 7) is 1.28. The molecule has 0 radical (unpaired) electrons. The minimum atomic E-state index is -0.362. The highest BCUT2D eigenvalue weighted by molar-refractivity contribution is 6.30. The van der Waals surface area contributed by atoms with Gasteiger partial charge in [0.25, 0.3) is 0 Å². The van der Waals surface area contributed by atoms with Crippen molar-refractivity contribution in [3.63, 3.8) is 0 Å². The van der Waals surface area contributed by atoms with Gasteiger partial charge in [-0.3, -0.25) is 4.90 Å². The number of hydrogen-bond donors (Lipinski definition) is 3. The van der Waals surface area contributed by atoms with Crippen molar-refractivity contribution in [2.24, 2.45) is 0 Å². The Hall–Kier alpha value is -2.73. The summed E-state index contributed by atoms with van der Waals surface area (Å²) in [6.07, 6.45) is 0. The summed E-state index contributed by atoms with van der Waals surface area (Å²) in [4.78, 5) is 25.2. The lowest BCUT2D eigenvalue weighted by molar-refractivity contribution is 0.252. The van der Waals surface area contributed by atoms with Gasteiger partial charge in [0.05, 0.1) is 0 Å². The minimum Gasteiger partial charge on any atom is -0.336 e. The third-order valence-electron chi connectivity index (χ3n) is 3.38. The molecule has 4 amide bonds. The Kier molecular flexibility index (Phi) is 4.34. The van der Waals surface area contributed by atoms with Gasteiger partial charge in [-0.25, -0.2) is 9.59 Å². The van der Waals surface area contributed by atoms with Crippen LogP contribution in [-0.4, -0.2) is 25.2 Å². The number of carbonyl (C=O) groups is 2. The van der Waals surface area contributed by atoms with E-state index in [9.17, 15) is 9.59 Å². The van der Waals surface area contributed by atoms with Crippen molar-refractivity contribution in [3.05, 3.63) is 53.6 Å². The van der Waals surface area contributed by atoms with Crippen molar-refractivity contribution in [2.45, 2.75) is 0 Å². The largest absolute Gasteiger partial charge is 0.336 e. The zero-order valence-corrected chi connectivity index (χ0v) is 12.9. The Morgan fingerprint density at radius 2 is 1.83 bits per heavy atom. The van der Waals surface area contributed by atoms with Crippen LogP contribution in [0.4, 0.5) is 26.7 Å². The summed E-state index contributed by atoms with van der Waals surface area (Å²) in [7, 11) is 0. The fraction of sp³-hybridized carbons (Fsp3) is 0.125. The van der Waals surface area contributed by atoms with Gasteiger partial charge in [-0.2, -0.15) is 0 Å². The second-order valence-electron chi connectivity index (χ2n) is 5.02. The van der Waals surface area contributed by atoms with E-state index in [-0.39, 0.29) is 12.1 Å². The predicted molar refractivity (Wildman–Crippen MR) is 91.3 cm³/mol. The molecule has 3 N–H and O–H groups in total. The fourth-order valence-corrected chi connectivity index (χ4v) is 2.49. The first-order valence-electron chi connectivity index (χ1n) is 7.11. The standard InChI is InChI=1S/C16H15ClN4O2/c17-11-2-1-3-13(10-11)20-15(22)19-12-4-6-14(7-5-12)21-9-8-18-16(21)23/h1-7,10H,8-9H2,(H,18,23)(H2,19,20,22). The number of carbonyl (C=O) groups excluding carboxylic acids is 2. The van der Waals surface area contributed by atoms with Crippen LogP contribution in [0.25, 0.3) is 0 Å². The summed E-state index contributed by atoms with van der Waals surface area (Å²) in [5.74, 6) is 0. The maximum atomic E-state index is 11.9. The summed E-state index contributed by atoms with van der Waals surface area (Å²) in [6, 6.07) is 13.5. The fourth-order valence-electron chi connectivity index (χ4n) is 2.30. The van der Waals surface area contributed by atoms with Gasteiger partial charge in [-0.15, -0.1) is 0 Å². The zero-order valence-electron chi connectivity index (χ0n) is 12.2. The number of halogens is 1. The highest BCUT2D eigenvalue weighted by Crippen LogP contribution is 2.20. The Morgan fingerprint density at radius 1 is 1.09 bits per heavy atom. The molecule has 118 valence electrons. The molecule has 0 aromatic heterocycles. The van der Waals surface area contributed by atoms with E-state index < -0.39 is 0 Å². The van der Waals surface area contributed by atoms with Crippen molar-refractivity contribution in [1.82, 2.24) is 5.32 Å². The molecule has 1 aliphatic heterocycles. The molecule has 0 bridgehead atoms. The van der Waals surface area contributed by atoms with Gasteiger partial charge in [0, 0.05) is 35.2 Å². The van der Waals surface area contributed by atoms with Gasteiger partial charge in [-0.1, -0.05) is 17.7 Å². The number of rotatable bonds is 3. The van der Waals surface area contributed by atoms with Gasteiger partial charge in [-0.05, 0) is 42.5 Å². The van der Waals surface area contributed by atoms with Crippen LogP contribution in [0.1, 0.15) is 0 Å². The van der Waals surface area contributed by atoms with E-state index in [0.29, 0.717) is 29.5 Å². The number of anilines is 3. The highest BCUT2D eigenvalue weighted by Gasteiger charge is 2.20. The van der Waals surface area contributed by atoms with Crippen LogP contribution in [0.15, 0.2) is 48.5 Å². The number of urea groups is 2. The quantitative estimate of drug-likeness (QED) is 0.805. The van der Waals surface area contributed by atoms with Crippen molar-refractivity contribution >= 4 is 40.7 Å². The molecule has 2 aromatic rings. The molecular formula is C16H15ClN4O2. The molecule has 0 unspecified atom stereocenters. The van der Waals surface area contributed by atoms with Crippen LogP contribution in [0.5, 0.6) is 0 Å². The molecule has 1 fully saturated rings. The molecule has 1 heterocycles. The predicted octanol–water partition coefficient (Wildman–Crippen LogP) is 3.51. The van der Waals surface area contributed by atoms with Crippen LogP contribution in [0.2, 0.25) is 5.02 Å². The highest BCUT2D eigenvalue weighted by atomic mass is 35.5. The Morgan fingerprint density at radius 3 is 2.48 bits per heavy atom. The van der Waals surface area contributed by atoms with Crippen molar-refractivity contribution < 1.29 is 9.59 Å². The maximum absolute atomic E-state index is 11.9. The lowest BCUT2D eigenvalue weighted by Crippen LogP contribution is -2.27. The average molecular weight is 331 g/mol. The Labute approximate surface area is 138 Å². The Bertz CT molecular complexity index is 733. The maximum Gasteiger partial charge on any atom is 0.323 e. The third kappa shape index (κ3) is 3.73. The second kappa shape index (κ2) is 6.58. The minimum absolute atomic E-state index is 0.107. The number of hydrogen-bond acceptors (Lipinski definition) is 2. The molecule has 0 spiro atoms. The van der Waals surface area contributed by atoms with E-state index in [2.05, 4.69) is 16.0 Å². The van der Waals surface area contributed by atoms with Crippen LogP contribution in [-0.2, 0) is 0 Å². The van der Waals surface area contributed by atoms with Crippen LogP contribution in [0, 0.1) is 0 Å². The normalized spacial score (nSPS) is 13.6. The molecule has 3 rings (SSSR count). The van der Waals surface area contributed by atoms with Crippen molar-refractivity contribution in [2.75, 3.05) is 28.6 Å². The van der Waals surface area contributed by atoms with Gasteiger partial charge < -0.3 is 16.0 Å². The van der Waals surface area contributed by atoms with Gasteiger partial charge in [0.15, 0.2) is 0 Å². The molecule has 23 heavy (non-hydrogen) atoms.